The lowest BCUT2D eigenvalue weighted by Gasteiger charge is -2.19. The Balaban J connectivity index is 1.75. The molecule has 0 aliphatic carbocycles. The maximum atomic E-state index is 12.6. The van der Waals surface area contributed by atoms with Gasteiger partial charge in [-0.25, -0.2) is 26.3 Å². The van der Waals surface area contributed by atoms with Gasteiger partial charge in [-0.05, 0) is 17.5 Å². The van der Waals surface area contributed by atoms with Crippen molar-refractivity contribution >= 4 is 53.4 Å². The molecule has 2 unspecified atom stereocenters. The van der Waals surface area contributed by atoms with Crippen LogP contribution in [0.1, 0.15) is 23.6 Å². The molecule has 0 aliphatic rings. The SMILES string of the molecule is CS(=O)(=O)NC(CSSCCC(=O)NCC(NS(C)(=O)=O)c1ccccc1)C(=O)NCCc1ccccc1. The maximum absolute atomic E-state index is 12.6. The van der Waals surface area contributed by atoms with Crippen LogP contribution in [-0.4, -0.2) is 71.8 Å². The van der Waals surface area contributed by atoms with Gasteiger partial charge in [0.05, 0.1) is 18.6 Å². The molecular formula is C24H34N4O6S4. The van der Waals surface area contributed by atoms with Gasteiger partial charge in [0.1, 0.15) is 6.04 Å². The number of benzene rings is 2. The van der Waals surface area contributed by atoms with E-state index in [0.29, 0.717) is 18.7 Å². The van der Waals surface area contributed by atoms with Crippen molar-refractivity contribution in [1.29, 1.82) is 0 Å². The molecule has 10 nitrogen and oxygen atoms in total. The van der Waals surface area contributed by atoms with Crippen LogP contribution in [-0.2, 0) is 36.1 Å². The number of carbonyl (C=O) groups is 2. The van der Waals surface area contributed by atoms with Crippen molar-refractivity contribution in [3.63, 3.8) is 0 Å². The van der Waals surface area contributed by atoms with Crippen LogP contribution in [0, 0.1) is 0 Å². The van der Waals surface area contributed by atoms with Crippen LogP contribution in [0.2, 0.25) is 0 Å². The van der Waals surface area contributed by atoms with Crippen LogP contribution in [0.25, 0.3) is 0 Å². The molecule has 2 rings (SSSR count). The van der Waals surface area contributed by atoms with Crippen LogP contribution in [0.5, 0.6) is 0 Å². The third-order valence-electron chi connectivity index (χ3n) is 5.02. The topological polar surface area (TPSA) is 151 Å². The second kappa shape index (κ2) is 16.1. The second-order valence-electron chi connectivity index (χ2n) is 8.48. The largest absolute Gasteiger partial charge is 0.354 e. The van der Waals surface area contributed by atoms with Gasteiger partial charge in [0, 0.05) is 31.0 Å². The van der Waals surface area contributed by atoms with Crippen molar-refractivity contribution < 1.29 is 26.4 Å². The first-order valence-electron chi connectivity index (χ1n) is 11.8. The van der Waals surface area contributed by atoms with E-state index in [1.54, 1.807) is 24.3 Å². The molecule has 0 aliphatic heterocycles. The molecule has 0 fully saturated rings. The van der Waals surface area contributed by atoms with Crippen LogP contribution in [0.4, 0.5) is 0 Å². The van der Waals surface area contributed by atoms with Gasteiger partial charge < -0.3 is 10.6 Å². The van der Waals surface area contributed by atoms with Crippen molar-refractivity contribution in [2.45, 2.75) is 24.9 Å². The molecule has 2 aromatic rings. The smallest absolute Gasteiger partial charge is 0.239 e. The fourth-order valence-electron chi connectivity index (χ4n) is 3.30. The lowest BCUT2D eigenvalue weighted by molar-refractivity contribution is -0.122. The minimum Gasteiger partial charge on any atom is -0.354 e. The highest BCUT2D eigenvalue weighted by atomic mass is 33.1. The Morgan fingerprint density at radius 2 is 1.42 bits per heavy atom. The first-order chi connectivity index (χ1) is 17.9. The fraction of sp³-hybridized carbons (Fsp3) is 0.417. The lowest BCUT2D eigenvalue weighted by Crippen LogP contribution is -2.48. The summed E-state index contributed by atoms with van der Waals surface area (Å²) in [6, 6.07) is 17.0. The summed E-state index contributed by atoms with van der Waals surface area (Å²) < 4.78 is 51.8. The Hall–Kier alpha value is -2.10. The average Bonchev–Trinajstić information content (AvgIpc) is 2.85. The summed E-state index contributed by atoms with van der Waals surface area (Å²) in [5.74, 6) is -0.0562. The van der Waals surface area contributed by atoms with Crippen LogP contribution in [0.3, 0.4) is 0 Å². The monoisotopic (exact) mass is 602 g/mol. The predicted octanol–water partition coefficient (Wildman–Crippen LogP) is 1.44. The zero-order valence-corrected chi connectivity index (χ0v) is 24.5. The molecule has 2 atom stereocenters. The molecule has 0 radical (unpaired) electrons. The van der Waals surface area contributed by atoms with E-state index in [1.807, 2.05) is 36.4 Å². The summed E-state index contributed by atoms with van der Waals surface area (Å²) in [7, 11) is -4.45. The van der Waals surface area contributed by atoms with Crippen LogP contribution >= 0.6 is 21.6 Å². The van der Waals surface area contributed by atoms with E-state index in [1.165, 1.54) is 21.6 Å². The Kier molecular flexibility index (Phi) is 13.6. The minimum atomic E-state index is -3.60. The van der Waals surface area contributed by atoms with Crippen molar-refractivity contribution in [1.82, 2.24) is 20.1 Å². The molecule has 0 aromatic heterocycles. The number of hydrogen-bond donors (Lipinski definition) is 4. The Bertz CT molecular complexity index is 1230. The van der Waals surface area contributed by atoms with Gasteiger partial charge in [0.25, 0.3) is 0 Å². The fourth-order valence-corrected chi connectivity index (χ4v) is 7.01. The molecule has 14 heteroatoms. The molecule has 0 heterocycles. The molecule has 0 saturated heterocycles. The van der Waals surface area contributed by atoms with E-state index >= 15 is 0 Å². The molecule has 2 aromatic carbocycles. The van der Waals surface area contributed by atoms with Crippen LogP contribution in [0.15, 0.2) is 60.7 Å². The first kappa shape index (κ1) is 32.1. The van der Waals surface area contributed by atoms with E-state index < -0.39 is 38.0 Å². The summed E-state index contributed by atoms with van der Waals surface area (Å²) in [5.41, 5.74) is 1.79. The Morgan fingerprint density at radius 1 is 0.816 bits per heavy atom. The molecule has 4 N–H and O–H groups in total. The molecular weight excluding hydrogens is 569 g/mol. The minimum absolute atomic E-state index is 0.0945. The Labute approximate surface area is 233 Å². The van der Waals surface area contributed by atoms with E-state index in [2.05, 4.69) is 20.1 Å². The normalized spacial score (nSPS) is 13.4. The standard InChI is InChI=1S/C24H34N4O6S4/c1-37(31,32)27-21(20-11-7-4-8-12-20)17-26-23(29)14-16-35-36-18-22(28-38(2,33)34)24(30)25-15-13-19-9-5-3-6-10-19/h3-12,21-22,27-28H,13-18H2,1-2H3,(H,25,30)(H,26,29). The number of sulfonamides is 2. The predicted molar refractivity (Wildman–Crippen MR) is 155 cm³/mol. The molecule has 38 heavy (non-hydrogen) atoms. The lowest BCUT2D eigenvalue weighted by atomic mass is 10.1. The van der Waals surface area contributed by atoms with E-state index in [4.69, 9.17) is 0 Å². The van der Waals surface area contributed by atoms with E-state index in [9.17, 15) is 26.4 Å². The molecule has 0 bridgehead atoms. The summed E-state index contributed by atoms with van der Waals surface area (Å²) >= 11 is 0. The van der Waals surface area contributed by atoms with E-state index in [-0.39, 0.29) is 24.6 Å². The zero-order chi connectivity index (χ0) is 28.0. The number of rotatable bonds is 17. The summed E-state index contributed by atoms with van der Waals surface area (Å²) in [4.78, 5) is 24.9. The Morgan fingerprint density at radius 3 is 2.03 bits per heavy atom. The van der Waals surface area contributed by atoms with Crippen molar-refractivity contribution in [3.05, 3.63) is 71.8 Å². The number of hydrogen-bond acceptors (Lipinski definition) is 8. The quantitative estimate of drug-likeness (QED) is 0.157. The summed E-state index contributed by atoms with van der Waals surface area (Å²) in [5, 5.41) is 5.51. The van der Waals surface area contributed by atoms with Gasteiger partial charge >= 0.3 is 0 Å². The van der Waals surface area contributed by atoms with Crippen molar-refractivity contribution in [3.8, 4) is 0 Å². The third kappa shape index (κ3) is 14.2. The number of nitrogens with one attached hydrogen (secondary N) is 4. The van der Waals surface area contributed by atoms with Gasteiger partial charge in [0.2, 0.25) is 31.9 Å². The average molecular weight is 603 g/mol. The van der Waals surface area contributed by atoms with Gasteiger partial charge in [-0.2, -0.15) is 0 Å². The van der Waals surface area contributed by atoms with Gasteiger partial charge in [-0.15, -0.1) is 0 Å². The molecule has 210 valence electrons. The highest BCUT2D eigenvalue weighted by Gasteiger charge is 2.22. The van der Waals surface area contributed by atoms with Crippen molar-refractivity contribution in [2.24, 2.45) is 0 Å². The molecule has 0 spiro atoms. The highest BCUT2D eigenvalue weighted by molar-refractivity contribution is 8.76. The van der Waals surface area contributed by atoms with E-state index in [0.717, 1.165) is 23.6 Å². The van der Waals surface area contributed by atoms with Gasteiger partial charge in [-0.1, -0.05) is 82.3 Å². The third-order valence-corrected chi connectivity index (χ3v) is 8.86. The highest BCUT2D eigenvalue weighted by Crippen LogP contribution is 2.23. The number of amides is 2. The van der Waals surface area contributed by atoms with Crippen LogP contribution < -0.4 is 20.1 Å². The zero-order valence-electron chi connectivity index (χ0n) is 21.3. The summed E-state index contributed by atoms with van der Waals surface area (Å²) in [6.07, 6.45) is 2.86. The molecule has 0 saturated carbocycles. The van der Waals surface area contributed by atoms with Crippen molar-refractivity contribution in [2.75, 3.05) is 37.1 Å². The number of carbonyl (C=O) groups excluding carboxylic acids is 2. The summed E-state index contributed by atoms with van der Waals surface area (Å²) in [6.45, 7) is 0.470. The first-order valence-corrected chi connectivity index (χ1v) is 18.0. The van der Waals surface area contributed by atoms with Gasteiger partial charge in [-0.3, -0.25) is 9.59 Å². The molecule has 2 amide bonds. The maximum Gasteiger partial charge on any atom is 0.239 e. The second-order valence-corrected chi connectivity index (χ2v) is 14.7. The van der Waals surface area contributed by atoms with Gasteiger partial charge in [0.15, 0.2) is 0 Å².